The molecular weight excluding hydrogens is 344 g/mol. The molecule has 0 aliphatic heterocycles. The topological polar surface area (TPSA) is 27.1 Å². The number of nitrogens with zero attached hydrogens (tertiary/aromatic N) is 2. The Morgan fingerprint density at radius 1 is 0.786 bits per heavy atom. The van der Waals surface area contributed by atoms with E-state index in [9.17, 15) is 0 Å². The van der Waals surface area contributed by atoms with Gasteiger partial charge in [0.05, 0.1) is 12.4 Å². The zero-order valence-corrected chi connectivity index (χ0v) is 15.6. The van der Waals surface area contributed by atoms with Crippen LogP contribution in [0.15, 0.2) is 116 Å². The molecule has 0 saturated heterocycles. The van der Waals surface area contributed by atoms with E-state index in [1.807, 2.05) is 29.1 Å². The summed E-state index contributed by atoms with van der Waals surface area (Å²) in [5.41, 5.74) is 2.78. The van der Waals surface area contributed by atoms with Crippen molar-refractivity contribution in [3.8, 4) is 5.75 Å². The van der Waals surface area contributed by atoms with Gasteiger partial charge in [0.15, 0.2) is 5.75 Å². The van der Waals surface area contributed by atoms with Crippen LogP contribution in [0.4, 0.5) is 0 Å². The van der Waals surface area contributed by atoms with Crippen molar-refractivity contribution >= 4 is 0 Å². The maximum atomic E-state index is 5.74. The molecular formula is C25H22N2O. The Hall–Kier alpha value is -3.59. The second-order valence-electron chi connectivity index (χ2n) is 6.53. The minimum absolute atomic E-state index is 0.445. The van der Waals surface area contributed by atoms with Crippen molar-refractivity contribution in [2.45, 2.75) is 5.54 Å². The summed E-state index contributed by atoms with van der Waals surface area (Å²) in [7, 11) is 0. The second-order valence-corrected chi connectivity index (χ2v) is 6.53. The highest BCUT2D eigenvalue weighted by Crippen LogP contribution is 2.40. The molecule has 0 aliphatic carbocycles. The van der Waals surface area contributed by atoms with Crippen molar-refractivity contribution in [3.63, 3.8) is 0 Å². The normalized spacial score (nSPS) is 11.1. The highest BCUT2D eigenvalue weighted by molar-refractivity contribution is 5.50. The van der Waals surface area contributed by atoms with Gasteiger partial charge in [-0.2, -0.15) is 5.10 Å². The Morgan fingerprint density at radius 2 is 1.25 bits per heavy atom. The number of rotatable bonds is 7. The van der Waals surface area contributed by atoms with Gasteiger partial charge in [0.25, 0.3) is 0 Å². The van der Waals surface area contributed by atoms with E-state index in [-0.39, 0.29) is 0 Å². The molecule has 3 nitrogen and oxygen atoms in total. The molecule has 0 unspecified atom stereocenters. The quantitative estimate of drug-likeness (QED) is 0.328. The molecule has 0 atom stereocenters. The van der Waals surface area contributed by atoms with Gasteiger partial charge in [-0.25, -0.2) is 4.68 Å². The summed E-state index contributed by atoms with van der Waals surface area (Å²) in [6, 6.07) is 31.4. The van der Waals surface area contributed by atoms with Crippen LogP contribution in [0, 0.1) is 0 Å². The van der Waals surface area contributed by atoms with Gasteiger partial charge < -0.3 is 4.74 Å². The van der Waals surface area contributed by atoms with Gasteiger partial charge in [-0.15, -0.1) is 0 Å². The molecule has 0 fully saturated rings. The van der Waals surface area contributed by atoms with Gasteiger partial charge >= 0.3 is 0 Å². The molecule has 0 aliphatic rings. The summed E-state index contributed by atoms with van der Waals surface area (Å²) in [6.45, 7) is 4.17. The number of aromatic nitrogens is 2. The predicted octanol–water partition coefficient (Wildman–Crippen LogP) is 5.29. The van der Waals surface area contributed by atoms with E-state index in [0.29, 0.717) is 12.4 Å². The van der Waals surface area contributed by atoms with Crippen LogP contribution in [-0.4, -0.2) is 16.4 Å². The first-order chi connectivity index (χ1) is 13.9. The summed E-state index contributed by atoms with van der Waals surface area (Å²) in [5.74, 6) is 0.715. The maximum Gasteiger partial charge on any atom is 0.157 e. The predicted molar refractivity (Wildman–Crippen MR) is 113 cm³/mol. The van der Waals surface area contributed by atoms with Crippen molar-refractivity contribution in [1.82, 2.24) is 9.78 Å². The molecule has 3 aromatic carbocycles. The molecule has 4 aromatic rings. The zero-order chi connectivity index (χ0) is 19.2. The lowest BCUT2D eigenvalue weighted by molar-refractivity contribution is 0.361. The molecule has 4 rings (SSSR count). The Labute approximate surface area is 165 Å². The lowest BCUT2D eigenvalue weighted by Crippen LogP contribution is -2.38. The van der Waals surface area contributed by atoms with Crippen molar-refractivity contribution in [3.05, 3.63) is 133 Å². The summed E-state index contributed by atoms with van der Waals surface area (Å²) < 4.78 is 7.73. The maximum absolute atomic E-state index is 5.74. The number of hydrogen-bond donors (Lipinski definition) is 0. The number of benzene rings is 3. The van der Waals surface area contributed by atoms with E-state index >= 15 is 0 Å². The average Bonchev–Trinajstić information content (AvgIpc) is 3.24. The van der Waals surface area contributed by atoms with Crippen LogP contribution >= 0.6 is 0 Å². The Balaban J connectivity index is 2.01. The number of ether oxygens (including phenoxy) is 1. The van der Waals surface area contributed by atoms with Crippen molar-refractivity contribution in [1.29, 1.82) is 0 Å². The molecule has 1 heterocycles. The first-order valence-electron chi connectivity index (χ1n) is 9.31. The van der Waals surface area contributed by atoms with Crippen LogP contribution in [0.2, 0.25) is 0 Å². The van der Waals surface area contributed by atoms with E-state index in [0.717, 1.165) is 16.7 Å². The second kappa shape index (κ2) is 7.97. The van der Waals surface area contributed by atoms with E-state index < -0.39 is 5.54 Å². The largest absolute Gasteiger partial charge is 0.486 e. The molecule has 138 valence electrons. The van der Waals surface area contributed by atoms with Crippen LogP contribution in [0.5, 0.6) is 5.75 Å². The average molecular weight is 366 g/mol. The van der Waals surface area contributed by atoms with Crippen LogP contribution < -0.4 is 4.74 Å². The molecule has 28 heavy (non-hydrogen) atoms. The summed E-state index contributed by atoms with van der Waals surface area (Å²) in [5, 5.41) is 4.73. The lowest BCUT2D eigenvalue weighted by atomic mass is 9.77. The third kappa shape index (κ3) is 3.12. The molecule has 0 N–H and O–H groups in total. The van der Waals surface area contributed by atoms with Crippen LogP contribution in [0.3, 0.4) is 0 Å². The fourth-order valence-corrected chi connectivity index (χ4v) is 3.65. The van der Waals surface area contributed by atoms with Crippen LogP contribution in [-0.2, 0) is 5.54 Å². The highest BCUT2D eigenvalue weighted by atomic mass is 16.5. The minimum atomic E-state index is -0.612. The molecule has 1 aromatic heterocycles. The first kappa shape index (κ1) is 17.8. The van der Waals surface area contributed by atoms with Crippen molar-refractivity contribution in [2.24, 2.45) is 0 Å². The van der Waals surface area contributed by atoms with E-state index in [1.54, 1.807) is 12.3 Å². The minimum Gasteiger partial charge on any atom is -0.486 e. The fraction of sp³-hybridized carbons (Fsp3) is 0.0800. The molecule has 0 bridgehead atoms. The third-order valence-electron chi connectivity index (χ3n) is 4.85. The Kier molecular flexibility index (Phi) is 5.07. The zero-order valence-electron chi connectivity index (χ0n) is 15.6. The van der Waals surface area contributed by atoms with Gasteiger partial charge in [-0.3, -0.25) is 0 Å². The van der Waals surface area contributed by atoms with Crippen LogP contribution in [0.25, 0.3) is 0 Å². The van der Waals surface area contributed by atoms with Gasteiger partial charge in [0, 0.05) is 0 Å². The number of hydrogen-bond acceptors (Lipinski definition) is 2. The van der Waals surface area contributed by atoms with Crippen LogP contribution in [0.1, 0.15) is 16.7 Å². The van der Waals surface area contributed by atoms with Crippen molar-refractivity contribution < 1.29 is 4.74 Å². The summed E-state index contributed by atoms with van der Waals surface area (Å²) >= 11 is 0. The summed E-state index contributed by atoms with van der Waals surface area (Å²) in [4.78, 5) is 0. The Morgan fingerprint density at radius 3 is 1.68 bits per heavy atom. The van der Waals surface area contributed by atoms with E-state index in [4.69, 9.17) is 9.84 Å². The molecule has 3 heteroatoms. The van der Waals surface area contributed by atoms with E-state index in [2.05, 4.69) is 79.4 Å². The smallest absolute Gasteiger partial charge is 0.157 e. The lowest BCUT2D eigenvalue weighted by Gasteiger charge is -2.36. The monoisotopic (exact) mass is 366 g/mol. The molecule has 0 amide bonds. The van der Waals surface area contributed by atoms with Crippen molar-refractivity contribution in [2.75, 3.05) is 6.61 Å². The fourth-order valence-electron chi connectivity index (χ4n) is 3.65. The molecule has 0 spiro atoms. The third-order valence-corrected chi connectivity index (χ3v) is 4.85. The first-order valence-corrected chi connectivity index (χ1v) is 9.31. The summed E-state index contributed by atoms with van der Waals surface area (Å²) in [6.07, 6.45) is 5.44. The molecule has 0 radical (unpaired) electrons. The SMILES string of the molecule is C=CCOc1cnn(C(c2ccccc2)(c2ccccc2)c2ccccc2)c1. The van der Waals surface area contributed by atoms with Gasteiger partial charge in [0.2, 0.25) is 0 Å². The van der Waals surface area contributed by atoms with Gasteiger partial charge in [-0.1, -0.05) is 104 Å². The molecule has 0 saturated carbocycles. The Bertz CT molecular complexity index is 927. The van der Waals surface area contributed by atoms with Gasteiger partial charge in [-0.05, 0) is 16.7 Å². The highest BCUT2D eigenvalue weighted by Gasteiger charge is 2.39. The van der Waals surface area contributed by atoms with Gasteiger partial charge in [0.1, 0.15) is 12.1 Å². The standard InChI is InChI=1S/C25H22N2O/c1-2-18-28-24-19-26-27(20-24)25(21-12-6-3-7-13-21,22-14-8-4-9-15-22)23-16-10-5-11-17-23/h2-17,19-20H,1,18H2. The van der Waals surface area contributed by atoms with E-state index in [1.165, 1.54) is 0 Å².